The molecule has 4 atom stereocenters. The predicted octanol–water partition coefficient (Wildman–Crippen LogP) is -1.77. The van der Waals surface area contributed by atoms with Crippen LogP contribution in [0, 0.1) is 0 Å². The van der Waals surface area contributed by atoms with Crippen LogP contribution in [0.1, 0.15) is 44.1 Å². The number of carboxylic acids is 2. The number of aliphatic imine (C=N–C) groups is 1. The smallest absolute Gasteiger partial charge is 0.326 e. The Morgan fingerprint density at radius 1 is 1.02 bits per heavy atom. The largest absolute Gasteiger partial charge is 0.508 e. The lowest BCUT2D eigenvalue weighted by Crippen LogP contribution is -2.57. The van der Waals surface area contributed by atoms with Crippen LogP contribution in [0.25, 0.3) is 0 Å². The molecule has 15 heteroatoms. The van der Waals surface area contributed by atoms with Gasteiger partial charge in [-0.15, -0.1) is 0 Å². The first-order valence-electron chi connectivity index (χ1n) is 12.8. The third-order valence-corrected chi connectivity index (χ3v) is 6.39. The molecule has 4 unspecified atom stereocenters. The maximum absolute atomic E-state index is 13.6. The van der Waals surface area contributed by atoms with Gasteiger partial charge in [0, 0.05) is 19.5 Å². The molecule has 0 aliphatic carbocycles. The van der Waals surface area contributed by atoms with Gasteiger partial charge in [-0.3, -0.25) is 24.2 Å². The monoisotopic (exact) mass is 563 g/mol. The Morgan fingerprint density at radius 2 is 1.70 bits per heavy atom. The molecule has 15 nitrogen and oxygen atoms in total. The summed E-state index contributed by atoms with van der Waals surface area (Å²) in [5.74, 6) is -4.54. The molecule has 3 amide bonds. The van der Waals surface area contributed by atoms with Crippen molar-refractivity contribution in [3.63, 3.8) is 0 Å². The molecule has 11 N–H and O–H groups in total. The van der Waals surface area contributed by atoms with E-state index in [9.17, 15) is 34.2 Å². The Bertz CT molecular complexity index is 1090. The fourth-order valence-electron chi connectivity index (χ4n) is 4.31. The zero-order valence-electron chi connectivity index (χ0n) is 22.0. The lowest BCUT2D eigenvalue weighted by atomic mass is 10.0. The number of aromatic hydroxyl groups is 1. The van der Waals surface area contributed by atoms with E-state index in [1.165, 1.54) is 17.0 Å². The molecule has 220 valence electrons. The van der Waals surface area contributed by atoms with Crippen LogP contribution in [-0.2, 0) is 30.4 Å². The number of carbonyl (C=O) groups is 5. The first-order chi connectivity index (χ1) is 18.9. The third kappa shape index (κ3) is 10.1. The van der Waals surface area contributed by atoms with Crippen molar-refractivity contribution in [2.24, 2.45) is 22.2 Å². The van der Waals surface area contributed by atoms with E-state index >= 15 is 0 Å². The minimum atomic E-state index is -1.44. The second-order valence-corrected chi connectivity index (χ2v) is 9.51. The highest BCUT2D eigenvalue weighted by atomic mass is 16.4. The number of nitrogens with two attached hydrogens (primary N) is 3. The van der Waals surface area contributed by atoms with Gasteiger partial charge in [0.15, 0.2) is 5.96 Å². The molecule has 40 heavy (non-hydrogen) atoms. The number of phenolic OH excluding ortho intramolecular Hbond substituents is 1. The van der Waals surface area contributed by atoms with Crippen LogP contribution in [-0.4, -0.2) is 93.1 Å². The maximum atomic E-state index is 13.6. The molecule has 1 aliphatic rings. The van der Waals surface area contributed by atoms with Crippen molar-refractivity contribution in [3.05, 3.63) is 29.8 Å². The Morgan fingerprint density at radius 3 is 2.30 bits per heavy atom. The van der Waals surface area contributed by atoms with E-state index in [4.69, 9.17) is 22.3 Å². The predicted molar refractivity (Wildman–Crippen MR) is 143 cm³/mol. The first-order valence-corrected chi connectivity index (χ1v) is 12.8. The second kappa shape index (κ2) is 15.3. The second-order valence-electron chi connectivity index (χ2n) is 9.51. The number of benzene rings is 1. The number of rotatable bonds is 15. The topological polar surface area (TPSA) is 264 Å². The Hall–Kier alpha value is -4.40. The van der Waals surface area contributed by atoms with Crippen LogP contribution >= 0.6 is 0 Å². The average molecular weight is 564 g/mol. The van der Waals surface area contributed by atoms with E-state index in [2.05, 4.69) is 15.6 Å². The third-order valence-electron chi connectivity index (χ3n) is 6.39. The molecule has 0 bridgehead atoms. The number of amides is 3. The zero-order chi connectivity index (χ0) is 29.8. The van der Waals surface area contributed by atoms with E-state index in [1.54, 1.807) is 12.1 Å². The Kier molecular flexibility index (Phi) is 12.1. The molecule has 1 saturated heterocycles. The molecule has 0 spiro atoms. The number of guanidine groups is 1. The van der Waals surface area contributed by atoms with Crippen LogP contribution in [0.3, 0.4) is 0 Å². The lowest BCUT2D eigenvalue weighted by molar-refractivity contribution is -0.145. The van der Waals surface area contributed by atoms with Gasteiger partial charge in [-0.05, 0) is 56.2 Å². The minimum absolute atomic E-state index is 0.0639. The molecule has 0 radical (unpaired) electrons. The van der Waals surface area contributed by atoms with Crippen molar-refractivity contribution >= 4 is 35.6 Å². The first kappa shape index (κ1) is 31.8. The van der Waals surface area contributed by atoms with E-state index < -0.39 is 60.2 Å². The number of hydrogen-bond donors (Lipinski definition) is 8. The van der Waals surface area contributed by atoms with Crippen molar-refractivity contribution < 1.29 is 39.3 Å². The van der Waals surface area contributed by atoms with E-state index in [0.29, 0.717) is 18.4 Å². The van der Waals surface area contributed by atoms with Crippen LogP contribution in [0.5, 0.6) is 5.75 Å². The molecule has 0 saturated carbocycles. The summed E-state index contributed by atoms with van der Waals surface area (Å²) < 4.78 is 0. The van der Waals surface area contributed by atoms with Gasteiger partial charge in [-0.25, -0.2) is 4.79 Å². The summed E-state index contributed by atoms with van der Waals surface area (Å²) in [5.41, 5.74) is 17.5. The van der Waals surface area contributed by atoms with Gasteiger partial charge in [0.25, 0.3) is 0 Å². The van der Waals surface area contributed by atoms with Crippen molar-refractivity contribution in [3.8, 4) is 5.75 Å². The minimum Gasteiger partial charge on any atom is -0.508 e. The van der Waals surface area contributed by atoms with Gasteiger partial charge in [0.1, 0.15) is 23.9 Å². The maximum Gasteiger partial charge on any atom is 0.326 e. The van der Waals surface area contributed by atoms with Crippen molar-refractivity contribution in [1.29, 1.82) is 0 Å². The zero-order valence-corrected chi connectivity index (χ0v) is 22.0. The highest BCUT2D eigenvalue weighted by Crippen LogP contribution is 2.20. The van der Waals surface area contributed by atoms with Crippen LogP contribution in [0.4, 0.5) is 0 Å². The number of nitrogens with one attached hydrogen (secondary N) is 2. The van der Waals surface area contributed by atoms with Crippen molar-refractivity contribution in [2.75, 3.05) is 13.1 Å². The summed E-state index contributed by atoms with van der Waals surface area (Å²) in [6.07, 6.45) is 0.544. The Balaban J connectivity index is 2.14. The summed E-state index contributed by atoms with van der Waals surface area (Å²) in [4.78, 5) is 67.0. The number of carboxylic acid groups (broad SMARTS) is 2. The molecule has 1 aromatic rings. The molecular weight excluding hydrogens is 526 g/mol. The lowest BCUT2D eigenvalue weighted by Gasteiger charge is -2.30. The molecule has 1 heterocycles. The van der Waals surface area contributed by atoms with Crippen LogP contribution in [0.2, 0.25) is 0 Å². The average Bonchev–Trinajstić information content (AvgIpc) is 3.38. The normalized spacial score (nSPS) is 16.8. The summed E-state index contributed by atoms with van der Waals surface area (Å²) in [7, 11) is 0. The summed E-state index contributed by atoms with van der Waals surface area (Å²) in [6.45, 7) is 0.388. The summed E-state index contributed by atoms with van der Waals surface area (Å²) in [5, 5.41) is 32.7. The molecule has 1 aromatic carbocycles. The SMILES string of the molecule is NC(N)=NCCCC(NC(=O)C(N)Cc1ccc(O)cc1)C(=O)N1CCCC1C(=O)NC(CCC(=O)O)C(=O)O. The van der Waals surface area contributed by atoms with Gasteiger partial charge >= 0.3 is 11.9 Å². The Labute approximate surface area is 230 Å². The number of aliphatic carboxylic acids is 2. The van der Waals surface area contributed by atoms with E-state index in [1.807, 2.05) is 0 Å². The molecular formula is C25H37N7O8. The quantitative estimate of drug-likeness (QED) is 0.0672. The number of hydrogen-bond acceptors (Lipinski definition) is 8. The van der Waals surface area contributed by atoms with Gasteiger partial charge in [-0.1, -0.05) is 12.1 Å². The van der Waals surface area contributed by atoms with E-state index in [-0.39, 0.29) is 50.5 Å². The van der Waals surface area contributed by atoms with Crippen LogP contribution < -0.4 is 27.8 Å². The number of nitrogens with zero attached hydrogens (tertiary/aromatic N) is 2. The van der Waals surface area contributed by atoms with Gasteiger partial charge in [0.05, 0.1) is 6.04 Å². The highest BCUT2D eigenvalue weighted by molar-refractivity contribution is 5.94. The number of likely N-dealkylation sites (tertiary alicyclic amines) is 1. The standard InChI is InChI=1S/C25H37N7O8/c26-16(13-14-5-7-15(33)8-6-14)21(36)30-17(3-1-11-29-25(27)28)23(38)32-12-2-4-19(32)22(37)31-18(24(39)40)9-10-20(34)35/h5-8,16-19,33H,1-4,9-13,26H2,(H,30,36)(H,31,37)(H,34,35)(H,39,40)(H4,27,28,29). The van der Waals surface area contributed by atoms with Crippen molar-refractivity contribution in [1.82, 2.24) is 15.5 Å². The highest BCUT2D eigenvalue weighted by Gasteiger charge is 2.39. The van der Waals surface area contributed by atoms with Crippen molar-refractivity contribution in [2.45, 2.75) is 69.1 Å². The fourth-order valence-corrected chi connectivity index (χ4v) is 4.31. The van der Waals surface area contributed by atoms with Gasteiger partial charge < -0.3 is 48.1 Å². The van der Waals surface area contributed by atoms with E-state index in [0.717, 1.165) is 0 Å². The molecule has 0 aromatic heterocycles. The summed E-state index contributed by atoms with van der Waals surface area (Å²) >= 11 is 0. The molecule has 1 aliphatic heterocycles. The number of phenols is 1. The summed E-state index contributed by atoms with van der Waals surface area (Å²) in [6, 6.07) is 1.65. The molecule has 2 rings (SSSR count). The van der Waals surface area contributed by atoms with Gasteiger partial charge in [0.2, 0.25) is 17.7 Å². The fraction of sp³-hybridized carbons (Fsp3) is 0.520. The van der Waals surface area contributed by atoms with Crippen LogP contribution in [0.15, 0.2) is 29.3 Å². The van der Waals surface area contributed by atoms with Gasteiger partial charge in [-0.2, -0.15) is 0 Å². The number of carbonyl (C=O) groups excluding carboxylic acids is 3. The molecule has 1 fully saturated rings.